The normalized spacial score (nSPS) is 16.2. The molecule has 3 aromatic rings. The van der Waals surface area contributed by atoms with Crippen LogP contribution in [0.15, 0.2) is 53.4 Å². The van der Waals surface area contributed by atoms with Gasteiger partial charge in [0.05, 0.1) is 30.7 Å². The number of morpholine rings is 1. The number of anilines is 2. The Morgan fingerprint density at radius 1 is 1.13 bits per heavy atom. The molecule has 1 fully saturated rings. The summed E-state index contributed by atoms with van der Waals surface area (Å²) in [5.74, 6) is -1.84. The standard InChI is InChI=1S/C27H30F2N4O5S/c1-17-15-37-12-11-33(17)24-14-21(16-39(35,36)23-13-19(28)7-10-22(23)29)30-25(32-24)18-5-8-20(9-6-18)31-26(34)38-27(2,3)4/h5-10,13-14,17H,11-12,15-16H2,1-4H3,(H,31,34)/t17-/m0/s1. The van der Waals surface area contributed by atoms with Crippen molar-refractivity contribution in [1.29, 1.82) is 0 Å². The van der Waals surface area contributed by atoms with Gasteiger partial charge in [-0.3, -0.25) is 5.32 Å². The smallest absolute Gasteiger partial charge is 0.412 e. The molecule has 2 aromatic carbocycles. The molecule has 1 atom stereocenters. The van der Waals surface area contributed by atoms with E-state index in [-0.39, 0.29) is 17.6 Å². The van der Waals surface area contributed by atoms with Crippen LogP contribution >= 0.6 is 0 Å². The van der Waals surface area contributed by atoms with Gasteiger partial charge in [0.2, 0.25) is 0 Å². The number of aromatic nitrogens is 2. The van der Waals surface area contributed by atoms with Crippen molar-refractivity contribution in [2.45, 2.75) is 50.0 Å². The first-order valence-corrected chi connectivity index (χ1v) is 14.0. The lowest BCUT2D eigenvalue weighted by molar-refractivity contribution is 0.0636. The molecule has 12 heteroatoms. The fourth-order valence-corrected chi connectivity index (χ4v) is 5.36. The fourth-order valence-electron chi connectivity index (χ4n) is 4.01. The number of hydrogen-bond donors (Lipinski definition) is 1. The lowest BCUT2D eigenvalue weighted by Gasteiger charge is -2.34. The van der Waals surface area contributed by atoms with E-state index in [1.54, 1.807) is 51.1 Å². The van der Waals surface area contributed by atoms with Crippen LogP contribution in [0, 0.1) is 11.6 Å². The highest BCUT2D eigenvalue weighted by atomic mass is 32.2. The number of benzene rings is 2. The monoisotopic (exact) mass is 560 g/mol. The van der Waals surface area contributed by atoms with Crippen LogP contribution in [-0.2, 0) is 25.1 Å². The highest BCUT2D eigenvalue weighted by molar-refractivity contribution is 7.90. The number of rotatable bonds is 6. The lowest BCUT2D eigenvalue weighted by Crippen LogP contribution is -2.44. The molecule has 208 valence electrons. The Kier molecular flexibility index (Phi) is 8.17. The van der Waals surface area contributed by atoms with Gasteiger partial charge >= 0.3 is 6.09 Å². The summed E-state index contributed by atoms with van der Waals surface area (Å²) in [5.41, 5.74) is 0.506. The third-order valence-electron chi connectivity index (χ3n) is 5.78. The lowest BCUT2D eigenvalue weighted by atomic mass is 10.2. The van der Waals surface area contributed by atoms with Gasteiger partial charge in [0.25, 0.3) is 0 Å². The maximum Gasteiger partial charge on any atom is 0.412 e. The van der Waals surface area contributed by atoms with Gasteiger partial charge in [-0.05, 0) is 70.2 Å². The van der Waals surface area contributed by atoms with Crippen LogP contribution in [-0.4, -0.2) is 55.9 Å². The molecule has 0 radical (unpaired) electrons. The molecular formula is C27H30F2N4O5S. The Morgan fingerprint density at radius 3 is 2.51 bits per heavy atom. The van der Waals surface area contributed by atoms with Crippen LogP contribution in [0.25, 0.3) is 11.4 Å². The molecule has 0 saturated carbocycles. The number of nitrogens with one attached hydrogen (secondary N) is 1. The Hall–Kier alpha value is -3.64. The molecule has 1 N–H and O–H groups in total. The average Bonchev–Trinajstić information content (AvgIpc) is 2.84. The van der Waals surface area contributed by atoms with E-state index >= 15 is 0 Å². The van der Waals surface area contributed by atoms with Crippen molar-refractivity contribution in [3.63, 3.8) is 0 Å². The molecule has 1 saturated heterocycles. The van der Waals surface area contributed by atoms with Crippen LogP contribution in [0.1, 0.15) is 33.4 Å². The molecule has 0 spiro atoms. The number of amides is 1. The van der Waals surface area contributed by atoms with Crippen molar-refractivity contribution < 1.29 is 31.5 Å². The molecule has 1 aromatic heterocycles. The van der Waals surface area contributed by atoms with E-state index in [1.807, 2.05) is 11.8 Å². The van der Waals surface area contributed by atoms with Gasteiger partial charge in [0.15, 0.2) is 15.7 Å². The Bertz CT molecular complexity index is 1460. The number of nitrogens with zero attached hydrogens (tertiary/aromatic N) is 3. The summed E-state index contributed by atoms with van der Waals surface area (Å²) in [4.78, 5) is 22.5. The molecular weight excluding hydrogens is 530 g/mol. The zero-order valence-electron chi connectivity index (χ0n) is 22.1. The Morgan fingerprint density at radius 2 is 1.85 bits per heavy atom. The van der Waals surface area contributed by atoms with Crippen molar-refractivity contribution in [3.8, 4) is 11.4 Å². The SMILES string of the molecule is C[C@H]1COCCN1c1cc(CS(=O)(=O)c2cc(F)ccc2F)nc(-c2ccc(NC(=O)OC(C)(C)C)cc2)n1. The van der Waals surface area contributed by atoms with E-state index in [0.717, 1.165) is 12.1 Å². The van der Waals surface area contributed by atoms with Gasteiger partial charge in [-0.2, -0.15) is 0 Å². The van der Waals surface area contributed by atoms with E-state index < -0.39 is 43.8 Å². The topological polar surface area (TPSA) is 111 Å². The maximum atomic E-state index is 14.3. The van der Waals surface area contributed by atoms with Crippen LogP contribution < -0.4 is 10.2 Å². The van der Waals surface area contributed by atoms with Gasteiger partial charge in [0, 0.05) is 23.9 Å². The Balaban J connectivity index is 1.68. The van der Waals surface area contributed by atoms with Crippen molar-refractivity contribution >= 4 is 27.4 Å². The highest BCUT2D eigenvalue weighted by Gasteiger charge is 2.26. The maximum absolute atomic E-state index is 14.3. The van der Waals surface area contributed by atoms with E-state index in [0.29, 0.717) is 42.9 Å². The summed E-state index contributed by atoms with van der Waals surface area (Å²) in [6.07, 6.45) is -0.605. The second-order valence-corrected chi connectivity index (χ2v) is 12.2. The molecule has 1 aliphatic heterocycles. The summed E-state index contributed by atoms with van der Waals surface area (Å²) < 4.78 is 65.0. The summed E-state index contributed by atoms with van der Waals surface area (Å²) in [6.45, 7) is 8.70. The summed E-state index contributed by atoms with van der Waals surface area (Å²) in [7, 11) is -4.27. The molecule has 1 amide bonds. The number of carbonyl (C=O) groups excluding carboxylic acids is 1. The van der Waals surface area contributed by atoms with E-state index in [4.69, 9.17) is 9.47 Å². The largest absolute Gasteiger partial charge is 0.444 e. The van der Waals surface area contributed by atoms with Gasteiger partial charge in [0.1, 0.15) is 27.9 Å². The first-order valence-electron chi connectivity index (χ1n) is 12.3. The number of carbonyl (C=O) groups is 1. The molecule has 0 aliphatic carbocycles. The number of ether oxygens (including phenoxy) is 2. The molecule has 39 heavy (non-hydrogen) atoms. The van der Waals surface area contributed by atoms with E-state index in [1.165, 1.54) is 0 Å². The summed E-state index contributed by atoms with van der Waals surface area (Å²) in [5, 5.41) is 2.65. The first kappa shape index (κ1) is 28.4. The second kappa shape index (κ2) is 11.2. The molecule has 2 heterocycles. The molecule has 9 nitrogen and oxygen atoms in total. The molecule has 4 rings (SSSR count). The molecule has 1 aliphatic rings. The van der Waals surface area contributed by atoms with Crippen molar-refractivity contribution in [1.82, 2.24) is 9.97 Å². The van der Waals surface area contributed by atoms with Crippen molar-refractivity contribution in [2.75, 3.05) is 30.0 Å². The summed E-state index contributed by atoms with van der Waals surface area (Å²) >= 11 is 0. The molecule has 0 unspecified atom stereocenters. The van der Waals surface area contributed by atoms with E-state index in [2.05, 4.69) is 15.3 Å². The van der Waals surface area contributed by atoms with Crippen LogP contribution in [0.2, 0.25) is 0 Å². The quantitative estimate of drug-likeness (QED) is 0.450. The highest BCUT2D eigenvalue weighted by Crippen LogP contribution is 2.27. The van der Waals surface area contributed by atoms with Gasteiger partial charge in [-0.25, -0.2) is 32.0 Å². The number of hydrogen-bond acceptors (Lipinski definition) is 8. The third-order valence-corrected chi connectivity index (χ3v) is 7.44. The second-order valence-electron chi connectivity index (χ2n) is 10.2. The average molecular weight is 561 g/mol. The van der Waals surface area contributed by atoms with Crippen LogP contribution in [0.4, 0.5) is 25.1 Å². The minimum Gasteiger partial charge on any atom is -0.444 e. The predicted octanol–water partition coefficient (Wildman–Crippen LogP) is 4.97. The van der Waals surface area contributed by atoms with Crippen LogP contribution in [0.5, 0.6) is 0 Å². The van der Waals surface area contributed by atoms with E-state index in [9.17, 15) is 22.0 Å². The van der Waals surface area contributed by atoms with Crippen molar-refractivity contribution in [3.05, 3.63) is 65.9 Å². The van der Waals surface area contributed by atoms with Crippen molar-refractivity contribution in [2.24, 2.45) is 0 Å². The summed E-state index contributed by atoms with van der Waals surface area (Å²) in [6, 6.07) is 10.4. The van der Waals surface area contributed by atoms with Crippen LogP contribution in [0.3, 0.4) is 0 Å². The van der Waals surface area contributed by atoms with Gasteiger partial charge < -0.3 is 14.4 Å². The zero-order chi connectivity index (χ0) is 28.4. The number of sulfone groups is 1. The minimum atomic E-state index is -4.27. The predicted molar refractivity (Wildman–Crippen MR) is 142 cm³/mol. The Labute approximate surface area is 226 Å². The number of halogens is 2. The van der Waals surface area contributed by atoms with Gasteiger partial charge in [-0.15, -0.1) is 0 Å². The minimum absolute atomic E-state index is 0.0352. The third kappa shape index (κ3) is 7.27. The molecule has 0 bridgehead atoms. The first-order chi connectivity index (χ1) is 18.3. The zero-order valence-corrected chi connectivity index (χ0v) is 22.9. The fraction of sp³-hybridized carbons (Fsp3) is 0.370. The van der Waals surface area contributed by atoms with Gasteiger partial charge in [-0.1, -0.05) is 0 Å².